The molecular weight excluding hydrogens is 467 g/mol. The van der Waals surface area contributed by atoms with Gasteiger partial charge in [0.1, 0.15) is 0 Å². The van der Waals surface area contributed by atoms with Crippen LogP contribution in [0.15, 0.2) is 84.9 Å². The third kappa shape index (κ3) is 4.17. The maximum atomic E-state index is 5.97. The summed E-state index contributed by atoms with van der Waals surface area (Å²) in [5.41, 5.74) is 7.66. The van der Waals surface area contributed by atoms with Gasteiger partial charge in [-0.2, -0.15) is 0 Å². The number of imidazole rings is 2. The number of H-pyrrole nitrogens is 2. The Kier molecular flexibility index (Phi) is 5.09. The van der Waals surface area contributed by atoms with Crippen LogP contribution in [-0.2, 0) is 0 Å². The number of aromatic amines is 2. The lowest BCUT2D eigenvalue weighted by Crippen LogP contribution is -1.91. The number of hydrogen-bond donors (Lipinski definition) is 4. The van der Waals surface area contributed by atoms with E-state index in [0.29, 0.717) is 21.9 Å². The molecule has 2 heterocycles. The van der Waals surface area contributed by atoms with Crippen LogP contribution in [0, 0.1) is 0 Å². The SMILES string of the molecule is Clc1ccc(Nc2nc3ccc(-c4ccc5nc(Nc6ccc(Cl)cc6)[nH]c5c4)cc3[nH]2)cc1. The standard InChI is InChI=1S/C26H18Cl2N6/c27-17-3-7-19(8-4-17)29-25-31-21-11-1-15(13-23(21)33-25)16-2-12-22-24(14-16)34-26(32-22)30-20-9-5-18(28)6-10-20/h1-14H,(H2,29,31,33)(H2,30,32,34). The molecule has 4 N–H and O–H groups in total. The van der Waals surface area contributed by atoms with Gasteiger partial charge in [-0.1, -0.05) is 35.3 Å². The van der Waals surface area contributed by atoms with Gasteiger partial charge in [0, 0.05) is 21.4 Å². The van der Waals surface area contributed by atoms with E-state index in [1.54, 1.807) is 0 Å². The second kappa shape index (κ2) is 8.41. The van der Waals surface area contributed by atoms with E-state index in [4.69, 9.17) is 23.2 Å². The lowest BCUT2D eigenvalue weighted by Gasteiger charge is -2.02. The Bertz CT molecular complexity index is 1490. The average molecular weight is 485 g/mol. The molecule has 6 rings (SSSR count). The minimum atomic E-state index is 0.677. The van der Waals surface area contributed by atoms with Crippen LogP contribution in [-0.4, -0.2) is 19.9 Å². The lowest BCUT2D eigenvalue weighted by molar-refractivity contribution is 1.31. The van der Waals surface area contributed by atoms with E-state index in [1.807, 2.05) is 60.7 Å². The Labute approximate surface area is 205 Å². The molecule has 0 saturated heterocycles. The first kappa shape index (κ1) is 20.6. The first-order valence-electron chi connectivity index (χ1n) is 10.6. The molecule has 0 aliphatic rings. The quantitative estimate of drug-likeness (QED) is 0.200. The molecule has 166 valence electrons. The van der Waals surface area contributed by atoms with Gasteiger partial charge in [0.25, 0.3) is 0 Å². The van der Waals surface area contributed by atoms with Crippen molar-refractivity contribution in [3.63, 3.8) is 0 Å². The van der Waals surface area contributed by atoms with Crippen molar-refractivity contribution in [3.05, 3.63) is 95.0 Å². The maximum Gasteiger partial charge on any atom is 0.205 e. The Hall–Kier alpha value is -4.00. The molecule has 0 fully saturated rings. The Morgan fingerprint density at radius 3 is 1.35 bits per heavy atom. The number of nitrogens with zero attached hydrogens (tertiary/aromatic N) is 2. The van der Waals surface area contributed by atoms with Gasteiger partial charge in [-0.15, -0.1) is 0 Å². The molecule has 34 heavy (non-hydrogen) atoms. The summed E-state index contributed by atoms with van der Waals surface area (Å²) in [6.07, 6.45) is 0. The molecule has 0 saturated carbocycles. The third-order valence-corrected chi connectivity index (χ3v) is 6.01. The van der Waals surface area contributed by atoms with Gasteiger partial charge in [-0.3, -0.25) is 0 Å². The highest BCUT2D eigenvalue weighted by molar-refractivity contribution is 6.30. The summed E-state index contributed by atoms with van der Waals surface area (Å²) in [5, 5.41) is 7.95. The predicted octanol–water partition coefficient (Wildman–Crippen LogP) is 7.90. The Morgan fingerprint density at radius 1 is 0.529 bits per heavy atom. The number of rotatable bonds is 5. The zero-order chi connectivity index (χ0) is 23.1. The van der Waals surface area contributed by atoms with Crippen molar-refractivity contribution in [1.82, 2.24) is 19.9 Å². The van der Waals surface area contributed by atoms with E-state index in [-0.39, 0.29) is 0 Å². The first-order chi connectivity index (χ1) is 16.6. The average Bonchev–Trinajstić information content (AvgIpc) is 3.43. The van der Waals surface area contributed by atoms with E-state index >= 15 is 0 Å². The smallest absolute Gasteiger partial charge is 0.205 e. The summed E-state index contributed by atoms with van der Waals surface area (Å²) in [6, 6.07) is 27.4. The number of halogens is 2. The number of aromatic nitrogens is 4. The zero-order valence-corrected chi connectivity index (χ0v) is 19.2. The molecule has 6 nitrogen and oxygen atoms in total. The van der Waals surface area contributed by atoms with Crippen LogP contribution >= 0.6 is 23.2 Å². The van der Waals surface area contributed by atoms with Gasteiger partial charge in [-0.05, 0) is 83.9 Å². The Morgan fingerprint density at radius 2 is 0.941 bits per heavy atom. The van der Waals surface area contributed by atoms with E-state index in [9.17, 15) is 0 Å². The molecular formula is C26H18Cl2N6. The fourth-order valence-corrected chi connectivity index (χ4v) is 4.09. The van der Waals surface area contributed by atoms with Crippen LogP contribution in [0.3, 0.4) is 0 Å². The molecule has 0 amide bonds. The van der Waals surface area contributed by atoms with Crippen molar-refractivity contribution in [1.29, 1.82) is 0 Å². The van der Waals surface area contributed by atoms with Crippen molar-refractivity contribution in [3.8, 4) is 11.1 Å². The minimum absolute atomic E-state index is 0.677. The fraction of sp³-hybridized carbons (Fsp3) is 0. The van der Waals surface area contributed by atoms with Crippen LogP contribution in [0.4, 0.5) is 23.3 Å². The van der Waals surface area contributed by atoms with Gasteiger partial charge in [0.15, 0.2) is 0 Å². The molecule has 4 aromatic carbocycles. The molecule has 0 spiro atoms. The van der Waals surface area contributed by atoms with Gasteiger partial charge in [0.2, 0.25) is 11.9 Å². The monoisotopic (exact) mass is 484 g/mol. The normalized spacial score (nSPS) is 11.2. The van der Waals surface area contributed by atoms with Crippen molar-refractivity contribution >= 4 is 68.5 Å². The van der Waals surface area contributed by atoms with E-state index in [0.717, 1.165) is 44.6 Å². The van der Waals surface area contributed by atoms with Gasteiger partial charge < -0.3 is 20.6 Å². The minimum Gasteiger partial charge on any atom is -0.326 e. The molecule has 0 atom stereocenters. The summed E-state index contributed by atoms with van der Waals surface area (Å²) in [7, 11) is 0. The van der Waals surface area contributed by atoms with Crippen LogP contribution in [0.2, 0.25) is 10.0 Å². The van der Waals surface area contributed by atoms with Crippen molar-refractivity contribution in [2.24, 2.45) is 0 Å². The summed E-state index contributed by atoms with van der Waals surface area (Å²) in [6.45, 7) is 0. The molecule has 6 aromatic rings. The summed E-state index contributed by atoms with van der Waals surface area (Å²) in [4.78, 5) is 16.0. The number of benzene rings is 4. The second-order valence-corrected chi connectivity index (χ2v) is 8.77. The van der Waals surface area contributed by atoms with Gasteiger partial charge >= 0.3 is 0 Å². The molecule has 0 unspecified atom stereocenters. The van der Waals surface area contributed by atoms with E-state index < -0.39 is 0 Å². The molecule has 0 bridgehead atoms. The molecule has 0 radical (unpaired) electrons. The zero-order valence-electron chi connectivity index (χ0n) is 17.7. The molecule has 2 aromatic heterocycles. The van der Waals surface area contributed by atoms with Crippen LogP contribution in [0.25, 0.3) is 33.2 Å². The fourth-order valence-electron chi connectivity index (χ4n) is 3.84. The van der Waals surface area contributed by atoms with Gasteiger partial charge in [-0.25, -0.2) is 9.97 Å². The van der Waals surface area contributed by atoms with Gasteiger partial charge in [0.05, 0.1) is 22.1 Å². The highest BCUT2D eigenvalue weighted by atomic mass is 35.5. The second-order valence-electron chi connectivity index (χ2n) is 7.90. The number of fused-ring (bicyclic) bond motifs is 2. The highest BCUT2D eigenvalue weighted by Gasteiger charge is 2.09. The van der Waals surface area contributed by atoms with Crippen LogP contribution in [0.5, 0.6) is 0 Å². The number of anilines is 4. The predicted molar refractivity (Wildman–Crippen MR) is 141 cm³/mol. The maximum absolute atomic E-state index is 5.97. The summed E-state index contributed by atoms with van der Waals surface area (Å²) < 4.78 is 0. The lowest BCUT2D eigenvalue weighted by atomic mass is 10.0. The largest absolute Gasteiger partial charge is 0.326 e. The third-order valence-electron chi connectivity index (χ3n) is 5.51. The van der Waals surface area contributed by atoms with Crippen molar-refractivity contribution in [2.75, 3.05) is 10.6 Å². The summed E-state index contributed by atoms with van der Waals surface area (Å²) >= 11 is 11.9. The number of nitrogens with one attached hydrogen (secondary N) is 4. The molecule has 0 aliphatic carbocycles. The van der Waals surface area contributed by atoms with E-state index in [1.165, 1.54) is 0 Å². The van der Waals surface area contributed by atoms with E-state index in [2.05, 4.69) is 54.8 Å². The van der Waals surface area contributed by atoms with Crippen LogP contribution < -0.4 is 10.6 Å². The first-order valence-corrected chi connectivity index (χ1v) is 11.4. The molecule has 8 heteroatoms. The van der Waals surface area contributed by atoms with Crippen molar-refractivity contribution < 1.29 is 0 Å². The summed E-state index contributed by atoms with van der Waals surface area (Å²) in [5.74, 6) is 1.35. The van der Waals surface area contributed by atoms with Crippen LogP contribution in [0.1, 0.15) is 0 Å². The topological polar surface area (TPSA) is 81.4 Å². The Balaban J connectivity index is 1.27. The molecule has 0 aliphatic heterocycles. The van der Waals surface area contributed by atoms with Crippen molar-refractivity contribution in [2.45, 2.75) is 0 Å². The number of hydrogen-bond acceptors (Lipinski definition) is 4. The highest BCUT2D eigenvalue weighted by Crippen LogP contribution is 2.28.